The smallest absolute Gasteiger partial charge is 0.306 e. The van der Waals surface area contributed by atoms with Gasteiger partial charge in [-0.3, -0.25) is 14.4 Å². The maximum Gasteiger partial charge on any atom is 0.306 e. The zero-order chi connectivity index (χ0) is 45.8. The predicted molar refractivity (Wildman–Crippen MR) is 269 cm³/mol. The third-order valence-corrected chi connectivity index (χ3v) is 9.86. The summed E-state index contributed by atoms with van der Waals surface area (Å²) < 4.78 is 16.7. The van der Waals surface area contributed by atoms with Gasteiger partial charge in [-0.15, -0.1) is 0 Å². The van der Waals surface area contributed by atoms with Crippen LogP contribution in [0.4, 0.5) is 0 Å². The molecular weight excluding hydrogens is 781 g/mol. The highest BCUT2D eigenvalue weighted by Gasteiger charge is 2.19. The van der Waals surface area contributed by atoms with Crippen molar-refractivity contribution < 1.29 is 28.6 Å². The quantitative estimate of drug-likeness (QED) is 0.0263. The van der Waals surface area contributed by atoms with Gasteiger partial charge in [0, 0.05) is 19.3 Å². The molecular formula is C57H88O6. The lowest BCUT2D eigenvalue weighted by Gasteiger charge is -2.18. The largest absolute Gasteiger partial charge is 0.462 e. The number of unbranched alkanes of at least 4 members (excludes halogenated alkanes) is 17. The third-order valence-electron chi connectivity index (χ3n) is 9.86. The lowest BCUT2D eigenvalue weighted by molar-refractivity contribution is -0.167. The maximum absolute atomic E-state index is 12.8. The minimum atomic E-state index is -0.818. The van der Waals surface area contributed by atoms with Gasteiger partial charge in [-0.2, -0.15) is 0 Å². The van der Waals surface area contributed by atoms with Crippen LogP contribution in [0.1, 0.15) is 188 Å². The Labute approximate surface area is 385 Å². The fourth-order valence-electron chi connectivity index (χ4n) is 6.10. The van der Waals surface area contributed by atoms with E-state index in [1.54, 1.807) is 0 Å². The Morgan fingerprint density at radius 1 is 0.333 bits per heavy atom. The van der Waals surface area contributed by atoms with Gasteiger partial charge < -0.3 is 14.2 Å². The highest BCUT2D eigenvalue weighted by atomic mass is 16.6. The highest BCUT2D eigenvalue weighted by Crippen LogP contribution is 2.12. The van der Waals surface area contributed by atoms with Crippen molar-refractivity contribution in [2.24, 2.45) is 0 Å². The van der Waals surface area contributed by atoms with Crippen molar-refractivity contribution in [3.05, 3.63) is 134 Å². The van der Waals surface area contributed by atoms with E-state index in [-0.39, 0.29) is 31.1 Å². The van der Waals surface area contributed by atoms with Crippen molar-refractivity contribution in [2.75, 3.05) is 13.2 Å². The average molecular weight is 869 g/mol. The topological polar surface area (TPSA) is 78.9 Å². The Balaban J connectivity index is 4.56. The van der Waals surface area contributed by atoms with E-state index in [0.717, 1.165) is 103 Å². The minimum absolute atomic E-state index is 0.117. The van der Waals surface area contributed by atoms with Crippen molar-refractivity contribution in [3.8, 4) is 0 Å². The number of esters is 3. The first-order valence-corrected chi connectivity index (χ1v) is 24.8. The van der Waals surface area contributed by atoms with Crippen molar-refractivity contribution in [2.45, 2.75) is 194 Å². The van der Waals surface area contributed by atoms with E-state index >= 15 is 0 Å². The summed E-state index contributed by atoms with van der Waals surface area (Å²) in [6.45, 7) is 6.30. The van der Waals surface area contributed by atoms with Crippen molar-refractivity contribution in [1.82, 2.24) is 0 Å². The summed E-state index contributed by atoms with van der Waals surface area (Å²) in [6.07, 6.45) is 70.0. The van der Waals surface area contributed by atoms with E-state index in [0.29, 0.717) is 19.3 Å². The minimum Gasteiger partial charge on any atom is -0.462 e. The molecule has 0 aliphatic heterocycles. The number of hydrogen-bond acceptors (Lipinski definition) is 6. The molecule has 6 heteroatoms. The van der Waals surface area contributed by atoms with Gasteiger partial charge >= 0.3 is 17.9 Å². The summed E-state index contributed by atoms with van der Waals surface area (Å²) in [5, 5.41) is 0. The van der Waals surface area contributed by atoms with E-state index in [1.807, 2.05) is 72.9 Å². The SMILES string of the molecule is CC\C=C/C=C\C=C/C=C\C=C\C=C/C=C\CCCCCC(=O)OCC(COC(=O)CCCCC/C=C\C=C/CCCC)OC(=O)CCCCCCCC/C=C\C=C/CCCCC. The second kappa shape index (κ2) is 50.2. The van der Waals surface area contributed by atoms with E-state index in [1.165, 1.54) is 44.9 Å². The molecule has 0 fully saturated rings. The number of hydrogen-bond donors (Lipinski definition) is 0. The van der Waals surface area contributed by atoms with Crippen LogP contribution >= 0.6 is 0 Å². The zero-order valence-electron chi connectivity index (χ0n) is 40.0. The molecule has 0 saturated heterocycles. The first-order valence-electron chi connectivity index (χ1n) is 24.8. The average Bonchev–Trinajstić information content (AvgIpc) is 3.28. The first kappa shape index (κ1) is 58.6. The van der Waals surface area contributed by atoms with Crippen LogP contribution in [-0.4, -0.2) is 37.2 Å². The molecule has 0 spiro atoms. The molecule has 0 aliphatic rings. The van der Waals surface area contributed by atoms with Crippen LogP contribution in [0.5, 0.6) is 0 Å². The van der Waals surface area contributed by atoms with Crippen LogP contribution in [0.2, 0.25) is 0 Å². The molecule has 0 aromatic carbocycles. The van der Waals surface area contributed by atoms with Crippen LogP contribution in [0.25, 0.3) is 0 Å². The summed E-state index contributed by atoms with van der Waals surface area (Å²) in [4.78, 5) is 37.9. The second-order valence-electron chi connectivity index (χ2n) is 15.9. The monoisotopic (exact) mass is 869 g/mol. The van der Waals surface area contributed by atoms with Gasteiger partial charge in [0.15, 0.2) is 6.10 Å². The third kappa shape index (κ3) is 48.4. The number of ether oxygens (including phenoxy) is 3. The van der Waals surface area contributed by atoms with Gasteiger partial charge in [-0.25, -0.2) is 0 Å². The molecule has 0 rings (SSSR count). The molecule has 1 unspecified atom stereocenters. The fraction of sp³-hybridized carbons (Fsp3) is 0.561. The van der Waals surface area contributed by atoms with E-state index in [4.69, 9.17) is 14.2 Å². The van der Waals surface area contributed by atoms with Crippen molar-refractivity contribution in [3.63, 3.8) is 0 Å². The molecule has 352 valence electrons. The molecule has 6 nitrogen and oxygen atoms in total. The molecule has 63 heavy (non-hydrogen) atoms. The molecule has 0 saturated carbocycles. The lowest BCUT2D eigenvalue weighted by atomic mass is 10.1. The summed E-state index contributed by atoms with van der Waals surface area (Å²) in [6, 6.07) is 0. The Morgan fingerprint density at radius 3 is 1.05 bits per heavy atom. The van der Waals surface area contributed by atoms with Gasteiger partial charge in [0.2, 0.25) is 0 Å². The molecule has 0 aliphatic carbocycles. The van der Waals surface area contributed by atoms with Gasteiger partial charge in [0.05, 0.1) is 0 Å². The number of carbonyl (C=O) groups excluding carboxylic acids is 3. The Morgan fingerprint density at radius 2 is 0.635 bits per heavy atom. The van der Waals surface area contributed by atoms with Gasteiger partial charge in [0.1, 0.15) is 13.2 Å². The highest BCUT2D eigenvalue weighted by molar-refractivity contribution is 5.71. The molecule has 1 atom stereocenters. The first-order chi connectivity index (χ1) is 31.0. The van der Waals surface area contributed by atoms with E-state index < -0.39 is 6.10 Å². The summed E-state index contributed by atoms with van der Waals surface area (Å²) in [7, 11) is 0. The Bertz CT molecular complexity index is 1420. The standard InChI is InChI=1S/C57H88O6/c1-4-7-10-13-16-19-22-24-26-27-28-29-31-32-35-38-41-44-47-50-56(59)62-53-54(52-61-55(58)49-46-43-40-37-34-21-18-15-12-9-6-3)63-57(60)51-48-45-42-39-36-33-30-25-23-20-17-14-11-8-5-2/h7,10,13,15-29,31-32,34-35,54H,4-6,8-9,11-12,14,30,33,36-53H2,1-3H3/b10-7-,16-13-,18-15-,20-17-,22-19-,25-23-,26-24-,28-27+,31-29-,34-21-,35-32-. The van der Waals surface area contributed by atoms with Crippen LogP contribution < -0.4 is 0 Å². The van der Waals surface area contributed by atoms with E-state index in [2.05, 4.69) is 81.5 Å². The van der Waals surface area contributed by atoms with Crippen LogP contribution in [0, 0.1) is 0 Å². The van der Waals surface area contributed by atoms with E-state index in [9.17, 15) is 14.4 Å². The molecule has 0 heterocycles. The molecule has 0 aromatic rings. The molecule has 0 radical (unpaired) electrons. The maximum atomic E-state index is 12.8. The summed E-state index contributed by atoms with van der Waals surface area (Å²) in [5.74, 6) is -1.01. The second-order valence-corrected chi connectivity index (χ2v) is 15.9. The van der Waals surface area contributed by atoms with Crippen molar-refractivity contribution in [1.29, 1.82) is 0 Å². The molecule has 0 N–H and O–H groups in total. The number of carbonyl (C=O) groups is 3. The molecule has 0 bridgehead atoms. The number of rotatable bonds is 42. The molecule has 0 aromatic heterocycles. The summed E-state index contributed by atoms with van der Waals surface area (Å²) in [5.41, 5.74) is 0. The summed E-state index contributed by atoms with van der Waals surface area (Å²) >= 11 is 0. The molecule has 0 amide bonds. The Kier molecular flexibility index (Phi) is 46.7. The van der Waals surface area contributed by atoms with Crippen LogP contribution in [0.3, 0.4) is 0 Å². The van der Waals surface area contributed by atoms with Crippen molar-refractivity contribution >= 4 is 17.9 Å². The van der Waals surface area contributed by atoms with Gasteiger partial charge in [-0.05, 0) is 83.5 Å². The Hall–Kier alpha value is -4.45. The fourth-order valence-corrected chi connectivity index (χ4v) is 6.10. The normalized spacial score (nSPS) is 13.3. The van der Waals surface area contributed by atoms with Crippen LogP contribution in [-0.2, 0) is 28.6 Å². The van der Waals surface area contributed by atoms with Gasteiger partial charge in [-0.1, -0.05) is 219 Å². The van der Waals surface area contributed by atoms with Gasteiger partial charge in [0.25, 0.3) is 0 Å². The predicted octanol–water partition coefficient (Wildman–Crippen LogP) is 16.3. The number of allylic oxidation sites excluding steroid dienone is 22. The van der Waals surface area contributed by atoms with Crippen LogP contribution in [0.15, 0.2) is 134 Å². The zero-order valence-corrected chi connectivity index (χ0v) is 40.0. The lowest BCUT2D eigenvalue weighted by Crippen LogP contribution is -2.30.